The van der Waals surface area contributed by atoms with Crippen LogP contribution >= 0.6 is 0 Å². The molecule has 1 N–H and O–H groups in total. The van der Waals surface area contributed by atoms with E-state index in [9.17, 15) is 0 Å². The van der Waals surface area contributed by atoms with E-state index in [2.05, 4.69) is 19.3 Å². The highest BCUT2D eigenvalue weighted by atomic mass is 14.8. The maximum absolute atomic E-state index is 3.27. The molecule has 2 aliphatic carbocycles. The third kappa shape index (κ3) is 0.878. The van der Waals surface area contributed by atoms with Crippen LogP contribution in [0, 0.1) is 23.7 Å². The fraction of sp³-hybridized carbons (Fsp3) is 1.00. The largest absolute Gasteiger partial charge is 0.319 e. The Morgan fingerprint density at radius 2 is 1.90 bits per heavy atom. The molecule has 2 fully saturated rings. The molecule has 0 aromatic carbocycles. The van der Waals surface area contributed by atoms with Gasteiger partial charge in [0.2, 0.25) is 0 Å². The van der Waals surface area contributed by atoms with E-state index >= 15 is 0 Å². The Bertz CT molecular complexity index is 121. The fourth-order valence-corrected chi connectivity index (χ4v) is 2.74. The smallest absolute Gasteiger partial charge is 0.00233 e. The second kappa shape index (κ2) is 2.23. The van der Waals surface area contributed by atoms with E-state index in [0.29, 0.717) is 0 Å². The van der Waals surface area contributed by atoms with Crippen LogP contribution in [-0.2, 0) is 0 Å². The standard InChI is InChI=1S/C9H17N/c1-6-8-3-7(5-10-2)4-9(6)8/h6-10H,3-5H2,1-2H3. The number of nitrogens with one attached hydrogen (secondary N) is 1. The van der Waals surface area contributed by atoms with Crippen molar-refractivity contribution in [2.45, 2.75) is 19.8 Å². The third-order valence-corrected chi connectivity index (χ3v) is 3.46. The van der Waals surface area contributed by atoms with E-state index in [0.717, 1.165) is 23.7 Å². The van der Waals surface area contributed by atoms with Crippen LogP contribution in [0.25, 0.3) is 0 Å². The van der Waals surface area contributed by atoms with E-state index in [4.69, 9.17) is 0 Å². The zero-order valence-corrected chi connectivity index (χ0v) is 6.93. The minimum absolute atomic E-state index is 1.01. The molecule has 2 aliphatic rings. The molecule has 2 atom stereocenters. The summed E-state index contributed by atoms with van der Waals surface area (Å²) in [6.45, 7) is 3.66. The van der Waals surface area contributed by atoms with Crippen LogP contribution < -0.4 is 5.32 Å². The summed E-state index contributed by atoms with van der Waals surface area (Å²) in [5.74, 6) is 4.33. The van der Waals surface area contributed by atoms with E-state index in [1.807, 2.05) is 0 Å². The number of hydrogen-bond acceptors (Lipinski definition) is 1. The Labute approximate surface area is 63.2 Å². The first-order valence-corrected chi connectivity index (χ1v) is 4.47. The maximum Gasteiger partial charge on any atom is -0.00233 e. The quantitative estimate of drug-likeness (QED) is 0.611. The maximum atomic E-state index is 3.27. The Kier molecular flexibility index (Phi) is 1.48. The fourth-order valence-electron chi connectivity index (χ4n) is 2.74. The molecule has 1 nitrogen and oxygen atoms in total. The highest BCUT2D eigenvalue weighted by Gasteiger charge is 2.52. The molecule has 0 heterocycles. The van der Waals surface area contributed by atoms with Gasteiger partial charge < -0.3 is 5.32 Å². The van der Waals surface area contributed by atoms with Gasteiger partial charge in [0.15, 0.2) is 0 Å². The molecule has 0 radical (unpaired) electrons. The lowest BCUT2D eigenvalue weighted by atomic mass is 10.0. The van der Waals surface area contributed by atoms with Crippen LogP contribution in [-0.4, -0.2) is 13.6 Å². The first-order chi connectivity index (χ1) is 4.83. The Hall–Kier alpha value is -0.0400. The van der Waals surface area contributed by atoms with Gasteiger partial charge in [0.1, 0.15) is 0 Å². The summed E-state index contributed by atoms with van der Waals surface area (Å²) in [4.78, 5) is 0. The molecule has 58 valence electrons. The van der Waals surface area contributed by atoms with Gasteiger partial charge in [0, 0.05) is 0 Å². The summed E-state index contributed by atoms with van der Waals surface area (Å²) in [5, 5.41) is 3.27. The van der Waals surface area contributed by atoms with Gasteiger partial charge in [-0.25, -0.2) is 0 Å². The van der Waals surface area contributed by atoms with Crippen LogP contribution in [0.5, 0.6) is 0 Å². The minimum atomic E-state index is 1.01. The summed E-state index contributed by atoms with van der Waals surface area (Å²) in [6.07, 6.45) is 3.01. The van der Waals surface area contributed by atoms with Crippen molar-refractivity contribution in [3.05, 3.63) is 0 Å². The SMILES string of the molecule is CNCC1CC2C(C)C2C1. The molecule has 0 saturated heterocycles. The van der Waals surface area contributed by atoms with Crippen LogP contribution in [0.1, 0.15) is 19.8 Å². The zero-order chi connectivity index (χ0) is 7.14. The molecule has 0 aromatic heterocycles. The van der Waals surface area contributed by atoms with Gasteiger partial charge >= 0.3 is 0 Å². The van der Waals surface area contributed by atoms with Crippen molar-refractivity contribution >= 4 is 0 Å². The molecule has 10 heavy (non-hydrogen) atoms. The highest BCUT2D eigenvalue weighted by Crippen LogP contribution is 2.58. The number of rotatable bonds is 2. The molecular formula is C9H17N. The predicted molar refractivity (Wildman–Crippen MR) is 42.8 cm³/mol. The number of hydrogen-bond donors (Lipinski definition) is 1. The summed E-state index contributed by atoms with van der Waals surface area (Å²) in [6, 6.07) is 0. The van der Waals surface area contributed by atoms with Crippen molar-refractivity contribution < 1.29 is 0 Å². The average Bonchev–Trinajstić information content (AvgIpc) is 2.44. The van der Waals surface area contributed by atoms with E-state index < -0.39 is 0 Å². The molecule has 1 heteroatoms. The Balaban J connectivity index is 1.79. The molecule has 0 amide bonds. The second-order valence-corrected chi connectivity index (χ2v) is 4.08. The zero-order valence-electron chi connectivity index (χ0n) is 6.93. The van der Waals surface area contributed by atoms with E-state index in [1.54, 1.807) is 0 Å². The van der Waals surface area contributed by atoms with Crippen LogP contribution in [0.4, 0.5) is 0 Å². The molecule has 0 aliphatic heterocycles. The lowest BCUT2D eigenvalue weighted by molar-refractivity contribution is 0.435. The first kappa shape index (κ1) is 6.66. The van der Waals surface area contributed by atoms with Gasteiger partial charge in [-0.15, -0.1) is 0 Å². The van der Waals surface area contributed by atoms with Crippen LogP contribution in [0.3, 0.4) is 0 Å². The molecular weight excluding hydrogens is 122 g/mol. The lowest BCUT2D eigenvalue weighted by Gasteiger charge is -2.10. The second-order valence-electron chi connectivity index (χ2n) is 4.08. The number of fused-ring (bicyclic) bond motifs is 1. The van der Waals surface area contributed by atoms with Gasteiger partial charge in [-0.2, -0.15) is 0 Å². The molecule has 2 rings (SSSR count). The summed E-state index contributed by atoms with van der Waals surface area (Å²) in [7, 11) is 2.06. The van der Waals surface area contributed by atoms with Crippen molar-refractivity contribution in [2.24, 2.45) is 23.7 Å². The van der Waals surface area contributed by atoms with Gasteiger partial charge in [-0.1, -0.05) is 6.92 Å². The van der Waals surface area contributed by atoms with Crippen molar-refractivity contribution in [3.8, 4) is 0 Å². The van der Waals surface area contributed by atoms with Gasteiger partial charge in [0.25, 0.3) is 0 Å². The average molecular weight is 139 g/mol. The van der Waals surface area contributed by atoms with Gasteiger partial charge in [-0.05, 0) is 50.1 Å². The van der Waals surface area contributed by atoms with E-state index in [-0.39, 0.29) is 0 Å². The first-order valence-electron chi connectivity index (χ1n) is 4.47. The van der Waals surface area contributed by atoms with E-state index in [1.165, 1.54) is 19.4 Å². The topological polar surface area (TPSA) is 12.0 Å². The van der Waals surface area contributed by atoms with Gasteiger partial charge in [-0.3, -0.25) is 0 Å². The molecule has 0 aromatic rings. The Morgan fingerprint density at radius 3 is 2.40 bits per heavy atom. The minimum Gasteiger partial charge on any atom is -0.319 e. The normalized spacial score (nSPS) is 51.0. The lowest BCUT2D eigenvalue weighted by Crippen LogP contribution is -2.17. The van der Waals surface area contributed by atoms with Crippen LogP contribution in [0.2, 0.25) is 0 Å². The molecule has 0 bridgehead atoms. The summed E-state index contributed by atoms with van der Waals surface area (Å²) < 4.78 is 0. The van der Waals surface area contributed by atoms with Crippen LogP contribution in [0.15, 0.2) is 0 Å². The van der Waals surface area contributed by atoms with Crippen molar-refractivity contribution in [2.75, 3.05) is 13.6 Å². The van der Waals surface area contributed by atoms with Crippen molar-refractivity contribution in [1.29, 1.82) is 0 Å². The van der Waals surface area contributed by atoms with Crippen molar-refractivity contribution in [3.63, 3.8) is 0 Å². The molecule has 2 saturated carbocycles. The molecule has 2 unspecified atom stereocenters. The Morgan fingerprint density at radius 1 is 1.30 bits per heavy atom. The van der Waals surface area contributed by atoms with Gasteiger partial charge in [0.05, 0.1) is 0 Å². The summed E-state index contributed by atoms with van der Waals surface area (Å²) in [5.41, 5.74) is 0. The monoisotopic (exact) mass is 139 g/mol. The molecule has 0 spiro atoms. The highest BCUT2D eigenvalue weighted by molar-refractivity contribution is 5.01. The summed E-state index contributed by atoms with van der Waals surface area (Å²) >= 11 is 0. The van der Waals surface area contributed by atoms with Crippen molar-refractivity contribution in [1.82, 2.24) is 5.32 Å². The predicted octanol–water partition coefficient (Wildman–Crippen LogP) is 1.50. The third-order valence-electron chi connectivity index (χ3n) is 3.46.